The molecule has 3 heteroatoms. The molecule has 0 aromatic rings. The Bertz CT molecular complexity index is 386. The van der Waals surface area contributed by atoms with Crippen molar-refractivity contribution in [2.75, 3.05) is 6.54 Å². The molecule has 1 atom stereocenters. The van der Waals surface area contributed by atoms with Gasteiger partial charge in [0, 0.05) is 6.54 Å². The molecule has 0 amide bonds. The number of allylic oxidation sites excluding steroid dienone is 2. The van der Waals surface area contributed by atoms with Crippen molar-refractivity contribution in [1.29, 1.82) is 5.26 Å². The van der Waals surface area contributed by atoms with Gasteiger partial charge in [-0.2, -0.15) is 5.26 Å². The number of hydrogen-bond donors (Lipinski definition) is 2. The first-order valence-electron chi connectivity index (χ1n) is 5.92. The molecule has 3 nitrogen and oxygen atoms in total. The van der Waals surface area contributed by atoms with Gasteiger partial charge in [0.1, 0.15) is 5.76 Å². The summed E-state index contributed by atoms with van der Waals surface area (Å²) in [7, 11) is 0. The minimum absolute atomic E-state index is 0.0702. The average molecular weight is 232 g/mol. The van der Waals surface area contributed by atoms with Crippen LogP contribution in [0.3, 0.4) is 0 Å². The SMILES string of the molecule is C=C(O)[C@H]1CC(/C=C\CC#N)=C(C(C)C)CN1. The predicted molar refractivity (Wildman–Crippen MR) is 69.4 cm³/mol. The summed E-state index contributed by atoms with van der Waals surface area (Å²) < 4.78 is 0. The molecule has 0 aromatic carbocycles. The molecule has 0 unspecified atom stereocenters. The van der Waals surface area contributed by atoms with Crippen LogP contribution in [0.15, 0.2) is 35.6 Å². The normalized spacial score (nSPS) is 20.9. The van der Waals surface area contributed by atoms with Gasteiger partial charge < -0.3 is 10.4 Å². The maximum atomic E-state index is 9.44. The molecule has 0 fully saturated rings. The standard InChI is InChI=1S/C14H20N2O/c1-10(2)13-9-16-14(11(3)17)8-12(13)6-4-5-7-15/h4,6,10,14,16-17H,3,5,8-9H2,1-2H3/b6-4-/t14-/m1/s1. The van der Waals surface area contributed by atoms with Gasteiger partial charge in [-0.3, -0.25) is 0 Å². The Morgan fingerprint density at radius 1 is 1.71 bits per heavy atom. The Kier molecular flexibility index (Phi) is 4.99. The van der Waals surface area contributed by atoms with Gasteiger partial charge in [0.25, 0.3) is 0 Å². The minimum atomic E-state index is -0.0702. The van der Waals surface area contributed by atoms with Crippen molar-refractivity contribution in [2.24, 2.45) is 5.92 Å². The summed E-state index contributed by atoms with van der Waals surface area (Å²) in [6.45, 7) is 8.66. The van der Waals surface area contributed by atoms with Crippen LogP contribution in [0.2, 0.25) is 0 Å². The van der Waals surface area contributed by atoms with Crippen LogP contribution >= 0.6 is 0 Å². The molecule has 1 aliphatic heterocycles. The van der Waals surface area contributed by atoms with E-state index >= 15 is 0 Å². The Morgan fingerprint density at radius 2 is 2.41 bits per heavy atom. The van der Waals surface area contributed by atoms with Gasteiger partial charge in [-0.25, -0.2) is 0 Å². The summed E-state index contributed by atoms with van der Waals surface area (Å²) >= 11 is 0. The Balaban J connectivity index is 2.88. The van der Waals surface area contributed by atoms with Gasteiger partial charge in [0.05, 0.1) is 18.5 Å². The van der Waals surface area contributed by atoms with Gasteiger partial charge >= 0.3 is 0 Å². The fourth-order valence-electron chi connectivity index (χ4n) is 2.01. The summed E-state index contributed by atoms with van der Waals surface area (Å²) in [5.41, 5.74) is 2.56. The van der Waals surface area contributed by atoms with Crippen molar-refractivity contribution >= 4 is 0 Å². The van der Waals surface area contributed by atoms with Gasteiger partial charge in [-0.05, 0) is 17.9 Å². The van der Waals surface area contributed by atoms with Gasteiger partial charge in [-0.1, -0.05) is 38.2 Å². The largest absolute Gasteiger partial charge is 0.511 e. The van der Waals surface area contributed by atoms with Crippen molar-refractivity contribution in [1.82, 2.24) is 5.32 Å². The smallest absolute Gasteiger partial charge is 0.102 e. The summed E-state index contributed by atoms with van der Waals surface area (Å²) in [4.78, 5) is 0. The van der Waals surface area contributed by atoms with E-state index in [1.807, 2.05) is 12.2 Å². The van der Waals surface area contributed by atoms with Crippen LogP contribution in [0.25, 0.3) is 0 Å². The minimum Gasteiger partial charge on any atom is -0.511 e. The highest BCUT2D eigenvalue weighted by Crippen LogP contribution is 2.25. The first-order chi connectivity index (χ1) is 8.06. The predicted octanol–water partition coefficient (Wildman–Crippen LogP) is 2.84. The van der Waals surface area contributed by atoms with E-state index in [0.717, 1.165) is 13.0 Å². The highest BCUT2D eigenvalue weighted by Gasteiger charge is 2.22. The second-order valence-corrected chi connectivity index (χ2v) is 4.60. The van der Waals surface area contributed by atoms with Gasteiger partial charge in [0.2, 0.25) is 0 Å². The molecule has 0 radical (unpaired) electrons. The fourth-order valence-corrected chi connectivity index (χ4v) is 2.01. The van der Waals surface area contributed by atoms with Crippen molar-refractivity contribution in [3.05, 3.63) is 35.6 Å². The molecule has 0 saturated heterocycles. The number of nitriles is 1. The lowest BCUT2D eigenvalue weighted by Gasteiger charge is -2.28. The van der Waals surface area contributed by atoms with Gasteiger partial charge in [0.15, 0.2) is 0 Å². The van der Waals surface area contributed by atoms with E-state index in [1.54, 1.807) is 0 Å². The zero-order chi connectivity index (χ0) is 12.8. The average Bonchev–Trinajstić information content (AvgIpc) is 2.28. The maximum absolute atomic E-state index is 9.44. The van der Waals surface area contributed by atoms with Crippen molar-refractivity contribution in [3.63, 3.8) is 0 Å². The van der Waals surface area contributed by atoms with E-state index in [-0.39, 0.29) is 11.8 Å². The first kappa shape index (κ1) is 13.5. The van der Waals surface area contributed by atoms with Gasteiger partial charge in [-0.15, -0.1) is 0 Å². The summed E-state index contributed by atoms with van der Waals surface area (Å²) in [6.07, 6.45) is 5.05. The Labute approximate surface area is 103 Å². The van der Waals surface area contributed by atoms with E-state index in [1.165, 1.54) is 11.1 Å². The Hall–Kier alpha value is -1.53. The number of hydrogen-bond acceptors (Lipinski definition) is 3. The van der Waals surface area contributed by atoms with Crippen LogP contribution in [-0.4, -0.2) is 17.7 Å². The second-order valence-electron chi connectivity index (χ2n) is 4.60. The molecule has 17 heavy (non-hydrogen) atoms. The fraction of sp³-hybridized carbons (Fsp3) is 0.500. The number of aliphatic hydroxyl groups excluding tert-OH is 1. The van der Waals surface area contributed by atoms with E-state index in [9.17, 15) is 5.11 Å². The summed E-state index contributed by atoms with van der Waals surface area (Å²) in [6, 6.07) is 2.02. The van der Waals surface area contributed by atoms with Crippen LogP contribution in [-0.2, 0) is 0 Å². The highest BCUT2D eigenvalue weighted by atomic mass is 16.3. The molecule has 1 rings (SSSR count). The number of nitrogens with zero attached hydrogens (tertiary/aromatic N) is 1. The van der Waals surface area contributed by atoms with Crippen LogP contribution in [0.1, 0.15) is 26.7 Å². The molecule has 0 bridgehead atoms. The van der Waals surface area contributed by atoms with Crippen molar-refractivity contribution in [2.45, 2.75) is 32.7 Å². The van der Waals surface area contributed by atoms with Crippen LogP contribution in [0.4, 0.5) is 0 Å². The zero-order valence-electron chi connectivity index (χ0n) is 10.5. The molecule has 92 valence electrons. The molecule has 1 heterocycles. The van der Waals surface area contributed by atoms with Crippen molar-refractivity contribution < 1.29 is 5.11 Å². The van der Waals surface area contributed by atoms with Crippen LogP contribution < -0.4 is 5.32 Å². The monoisotopic (exact) mass is 232 g/mol. The van der Waals surface area contributed by atoms with E-state index in [0.29, 0.717) is 12.3 Å². The molecular weight excluding hydrogens is 212 g/mol. The highest BCUT2D eigenvalue weighted by molar-refractivity contribution is 5.33. The zero-order valence-corrected chi connectivity index (χ0v) is 10.5. The number of nitrogens with one attached hydrogen (secondary N) is 1. The molecular formula is C14H20N2O. The summed E-state index contributed by atoms with van der Waals surface area (Å²) in [5.74, 6) is 0.649. The van der Waals surface area contributed by atoms with E-state index in [4.69, 9.17) is 5.26 Å². The molecule has 0 aliphatic carbocycles. The molecule has 0 spiro atoms. The molecule has 2 N–H and O–H groups in total. The third-order valence-corrected chi connectivity index (χ3v) is 3.00. The lowest BCUT2D eigenvalue weighted by atomic mass is 9.88. The number of rotatable bonds is 4. The third-order valence-electron chi connectivity index (χ3n) is 3.00. The van der Waals surface area contributed by atoms with Crippen LogP contribution in [0.5, 0.6) is 0 Å². The number of aliphatic hydroxyl groups is 1. The maximum Gasteiger partial charge on any atom is 0.102 e. The third kappa shape index (κ3) is 3.76. The van der Waals surface area contributed by atoms with E-state index < -0.39 is 0 Å². The van der Waals surface area contributed by atoms with Crippen LogP contribution in [0, 0.1) is 17.2 Å². The first-order valence-corrected chi connectivity index (χ1v) is 5.92. The molecule has 0 aromatic heterocycles. The van der Waals surface area contributed by atoms with E-state index in [2.05, 4.69) is 31.8 Å². The summed E-state index contributed by atoms with van der Waals surface area (Å²) in [5, 5.41) is 21.2. The molecule has 1 aliphatic rings. The van der Waals surface area contributed by atoms with Crippen molar-refractivity contribution in [3.8, 4) is 6.07 Å². The Morgan fingerprint density at radius 3 is 2.94 bits per heavy atom. The quantitative estimate of drug-likeness (QED) is 0.733. The molecule has 0 saturated carbocycles. The topological polar surface area (TPSA) is 56.0 Å². The lowest BCUT2D eigenvalue weighted by Crippen LogP contribution is -2.37. The second kappa shape index (κ2) is 6.27. The lowest BCUT2D eigenvalue weighted by molar-refractivity contribution is 0.336.